The smallest absolute Gasteiger partial charge is 0.328 e. The quantitative estimate of drug-likeness (QED) is 0.490. The molecule has 3 unspecified atom stereocenters. The summed E-state index contributed by atoms with van der Waals surface area (Å²) in [4.78, 5) is 22.2. The number of hydrogen-bond donors (Lipinski definition) is 4. The summed E-state index contributed by atoms with van der Waals surface area (Å²) in [6.07, 6.45) is -0.739. The molecule has 0 aromatic carbocycles. The monoisotopic (exact) mass is 294 g/mol. The average Bonchev–Trinajstić information content (AvgIpc) is 2.62. The molecule has 9 heteroatoms. The Bertz CT molecular complexity index is 447. The molecule has 110 valence electrons. The van der Waals surface area contributed by atoms with Gasteiger partial charge in [0.2, 0.25) is 0 Å². The highest BCUT2D eigenvalue weighted by molar-refractivity contribution is 7.91. The Morgan fingerprint density at radius 1 is 1.42 bits per heavy atom. The highest BCUT2D eigenvalue weighted by Crippen LogP contribution is 2.17. The van der Waals surface area contributed by atoms with Crippen LogP contribution in [0.5, 0.6) is 0 Å². The van der Waals surface area contributed by atoms with E-state index in [-0.39, 0.29) is 24.0 Å². The van der Waals surface area contributed by atoms with E-state index >= 15 is 0 Å². The van der Waals surface area contributed by atoms with E-state index in [1.165, 1.54) is 6.92 Å². The first kappa shape index (κ1) is 15.7. The molecule has 1 fully saturated rings. The lowest BCUT2D eigenvalue weighted by Gasteiger charge is -2.18. The number of rotatable bonds is 5. The number of carboxylic acid groups (broad SMARTS) is 1. The molecule has 19 heavy (non-hydrogen) atoms. The average molecular weight is 294 g/mol. The van der Waals surface area contributed by atoms with Crippen LogP contribution in [0, 0.1) is 5.92 Å². The van der Waals surface area contributed by atoms with Gasteiger partial charge in [-0.05, 0) is 19.3 Å². The second-order valence-electron chi connectivity index (χ2n) is 4.68. The number of aliphatic hydroxyl groups is 1. The number of hydrogen-bond acceptors (Lipinski definition) is 5. The second-order valence-corrected chi connectivity index (χ2v) is 6.91. The lowest BCUT2D eigenvalue weighted by atomic mass is 10.1. The van der Waals surface area contributed by atoms with Gasteiger partial charge in [0.1, 0.15) is 0 Å². The molecule has 2 amide bonds. The van der Waals surface area contributed by atoms with Crippen molar-refractivity contribution < 1.29 is 28.2 Å². The van der Waals surface area contributed by atoms with Crippen molar-refractivity contribution in [3.05, 3.63) is 0 Å². The van der Waals surface area contributed by atoms with Crippen LogP contribution < -0.4 is 10.6 Å². The molecule has 0 aromatic heterocycles. The second kappa shape index (κ2) is 6.20. The van der Waals surface area contributed by atoms with Crippen LogP contribution in [-0.4, -0.2) is 60.8 Å². The predicted octanol–water partition coefficient (Wildman–Crippen LogP) is -1.45. The number of aliphatic hydroxyl groups excluding tert-OH is 1. The number of carbonyl (C=O) groups is 2. The Labute approximate surface area is 111 Å². The van der Waals surface area contributed by atoms with Crippen LogP contribution in [0.15, 0.2) is 0 Å². The van der Waals surface area contributed by atoms with E-state index in [1.54, 1.807) is 0 Å². The van der Waals surface area contributed by atoms with Crippen molar-refractivity contribution in [2.75, 3.05) is 18.1 Å². The lowest BCUT2D eigenvalue weighted by molar-refractivity contribution is -0.141. The van der Waals surface area contributed by atoms with Crippen LogP contribution in [0.3, 0.4) is 0 Å². The van der Waals surface area contributed by atoms with Gasteiger partial charge in [-0.1, -0.05) is 0 Å². The minimum atomic E-state index is -3.00. The van der Waals surface area contributed by atoms with Crippen molar-refractivity contribution in [2.24, 2.45) is 5.92 Å². The zero-order chi connectivity index (χ0) is 14.6. The highest BCUT2D eigenvalue weighted by atomic mass is 32.2. The molecular weight excluding hydrogens is 276 g/mol. The minimum Gasteiger partial charge on any atom is -0.480 e. The number of amides is 2. The van der Waals surface area contributed by atoms with E-state index in [0.29, 0.717) is 6.42 Å². The van der Waals surface area contributed by atoms with E-state index in [9.17, 15) is 23.1 Å². The molecular formula is C10H18N2O6S. The molecule has 0 radical (unpaired) electrons. The molecule has 1 aliphatic heterocycles. The van der Waals surface area contributed by atoms with Crippen LogP contribution in [-0.2, 0) is 14.6 Å². The molecule has 1 aliphatic rings. The zero-order valence-corrected chi connectivity index (χ0v) is 11.3. The largest absolute Gasteiger partial charge is 0.480 e. The molecule has 0 bridgehead atoms. The van der Waals surface area contributed by atoms with E-state index in [1.807, 2.05) is 0 Å². The third kappa shape index (κ3) is 5.03. The number of carboxylic acids is 1. The Morgan fingerprint density at radius 2 is 2.05 bits per heavy atom. The summed E-state index contributed by atoms with van der Waals surface area (Å²) in [5.41, 5.74) is 0. The molecule has 0 aliphatic carbocycles. The Balaban J connectivity index is 2.38. The molecule has 8 nitrogen and oxygen atoms in total. The van der Waals surface area contributed by atoms with Crippen LogP contribution >= 0.6 is 0 Å². The van der Waals surface area contributed by atoms with Gasteiger partial charge in [-0.25, -0.2) is 18.0 Å². The fourth-order valence-corrected chi connectivity index (χ4v) is 3.71. The summed E-state index contributed by atoms with van der Waals surface area (Å²) in [6.45, 7) is 1.42. The first-order chi connectivity index (χ1) is 8.71. The number of carbonyl (C=O) groups excluding carboxylic acids is 1. The van der Waals surface area contributed by atoms with Crippen molar-refractivity contribution in [3.63, 3.8) is 0 Å². The van der Waals surface area contributed by atoms with Gasteiger partial charge in [0.05, 0.1) is 17.6 Å². The topological polar surface area (TPSA) is 133 Å². The maximum Gasteiger partial charge on any atom is 0.328 e. The Kier molecular flexibility index (Phi) is 5.12. The molecule has 1 rings (SSSR count). The van der Waals surface area contributed by atoms with Crippen LogP contribution in [0.25, 0.3) is 0 Å². The van der Waals surface area contributed by atoms with E-state index in [2.05, 4.69) is 10.6 Å². The first-order valence-corrected chi connectivity index (χ1v) is 7.69. The zero-order valence-electron chi connectivity index (χ0n) is 10.5. The van der Waals surface area contributed by atoms with Gasteiger partial charge >= 0.3 is 12.0 Å². The summed E-state index contributed by atoms with van der Waals surface area (Å²) in [5.74, 6) is -1.34. The van der Waals surface area contributed by atoms with Crippen molar-refractivity contribution in [1.82, 2.24) is 10.6 Å². The maximum absolute atomic E-state index is 11.4. The molecule has 3 atom stereocenters. The predicted molar refractivity (Wildman–Crippen MR) is 66.4 cm³/mol. The number of aliphatic carboxylic acids is 1. The van der Waals surface area contributed by atoms with Crippen molar-refractivity contribution in [3.8, 4) is 0 Å². The molecule has 0 saturated carbocycles. The first-order valence-electron chi connectivity index (χ1n) is 5.87. The van der Waals surface area contributed by atoms with Crippen molar-refractivity contribution in [2.45, 2.75) is 25.5 Å². The molecule has 4 N–H and O–H groups in total. The fraction of sp³-hybridized carbons (Fsp3) is 0.800. The van der Waals surface area contributed by atoms with Gasteiger partial charge in [0.25, 0.3) is 0 Å². The molecule has 0 spiro atoms. The Morgan fingerprint density at radius 3 is 2.47 bits per heavy atom. The van der Waals surface area contributed by atoms with Gasteiger partial charge in [-0.15, -0.1) is 0 Å². The number of nitrogens with one attached hydrogen (secondary N) is 2. The highest BCUT2D eigenvalue weighted by Gasteiger charge is 2.29. The third-order valence-corrected chi connectivity index (χ3v) is 4.75. The summed E-state index contributed by atoms with van der Waals surface area (Å²) >= 11 is 0. The van der Waals surface area contributed by atoms with Gasteiger partial charge in [-0.2, -0.15) is 0 Å². The summed E-state index contributed by atoms with van der Waals surface area (Å²) < 4.78 is 22.4. The van der Waals surface area contributed by atoms with Crippen molar-refractivity contribution in [1.29, 1.82) is 0 Å². The summed E-state index contributed by atoms with van der Waals surface area (Å²) in [5, 5.41) is 22.5. The SMILES string of the molecule is CC(O)C(NC(=O)NCC1CCS(=O)(=O)C1)C(=O)O. The van der Waals surface area contributed by atoms with Crippen LogP contribution in [0.2, 0.25) is 0 Å². The van der Waals surface area contributed by atoms with E-state index in [0.717, 1.165) is 0 Å². The van der Waals surface area contributed by atoms with Crippen LogP contribution in [0.1, 0.15) is 13.3 Å². The minimum absolute atomic E-state index is 0.0338. The third-order valence-electron chi connectivity index (χ3n) is 2.91. The van der Waals surface area contributed by atoms with E-state index < -0.39 is 34.0 Å². The maximum atomic E-state index is 11.4. The van der Waals surface area contributed by atoms with Gasteiger partial charge < -0.3 is 20.8 Å². The number of urea groups is 1. The van der Waals surface area contributed by atoms with Crippen LogP contribution in [0.4, 0.5) is 4.79 Å². The molecule has 0 aromatic rings. The standard InChI is InChI=1S/C10H18N2O6S/c1-6(13)8(9(14)15)12-10(16)11-4-7-2-3-19(17,18)5-7/h6-8,13H,2-5H2,1H3,(H,14,15)(H2,11,12,16). The lowest BCUT2D eigenvalue weighted by Crippen LogP contribution is -2.51. The van der Waals surface area contributed by atoms with Crippen molar-refractivity contribution >= 4 is 21.8 Å². The van der Waals surface area contributed by atoms with E-state index in [4.69, 9.17) is 5.11 Å². The Hall–Kier alpha value is -1.35. The van der Waals surface area contributed by atoms with Gasteiger partial charge in [0, 0.05) is 6.54 Å². The molecule has 1 saturated heterocycles. The normalized spacial score (nSPS) is 24.4. The fourth-order valence-electron chi connectivity index (χ4n) is 1.85. The van der Waals surface area contributed by atoms with Gasteiger partial charge in [0.15, 0.2) is 15.9 Å². The van der Waals surface area contributed by atoms with Gasteiger partial charge in [-0.3, -0.25) is 0 Å². The summed E-state index contributed by atoms with van der Waals surface area (Å²) in [7, 11) is -3.00. The molecule has 1 heterocycles. The summed E-state index contributed by atoms with van der Waals surface area (Å²) in [6, 6.07) is -2.13. The number of sulfone groups is 1.